The normalized spacial score (nSPS) is 16.1. The summed E-state index contributed by atoms with van der Waals surface area (Å²) in [4.78, 5) is 0. The van der Waals surface area contributed by atoms with Crippen LogP contribution >= 0.6 is 0 Å². The smallest absolute Gasteiger partial charge is 0.403 e. The van der Waals surface area contributed by atoms with Crippen molar-refractivity contribution in [1.29, 1.82) is 0 Å². The van der Waals surface area contributed by atoms with Crippen molar-refractivity contribution in [3.63, 3.8) is 0 Å². The van der Waals surface area contributed by atoms with Gasteiger partial charge in [-0.05, 0) is 77.8 Å². The summed E-state index contributed by atoms with van der Waals surface area (Å²) in [5.41, 5.74) is 2.98. The summed E-state index contributed by atoms with van der Waals surface area (Å²) in [6, 6.07) is 11.8. The van der Waals surface area contributed by atoms with Crippen LogP contribution in [-0.2, 0) is 19.3 Å². The lowest BCUT2D eigenvalue weighted by molar-refractivity contribution is -0.275. The third-order valence-corrected chi connectivity index (χ3v) is 6.52. The van der Waals surface area contributed by atoms with Crippen LogP contribution in [0.3, 0.4) is 0 Å². The Hall–Kier alpha value is -2.63. The van der Waals surface area contributed by atoms with E-state index in [9.17, 15) is 17.6 Å². The molecule has 1 unspecified atom stereocenters. The van der Waals surface area contributed by atoms with Gasteiger partial charge in [-0.15, -0.1) is 13.2 Å². The number of unbranched alkanes of at least 4 members (excludes halogenated alkanes) is 3. The summed E-state index contributed by atoms with van der Waals surface area (Å²) >= 11 is 0. The van der Waals surface area contributed by atoms with E-state index < -0.39 is 17.9 Å². The zero-order chi connectivity index (χ0) is 23.6. The number of hydrogen-bond donors (Lipinski definition) is 0. The molecule has 0 N–H and O–H groups in total. The van der Waals surface area contributed by atoms with Gasteiger partial charge in [-0.3, -0.25) is 0 Å². The van der Waals surface area contributed by atoms with Crippen molar-refractivity contribution in [3.05, 3.63) is 76.4 Å². The molecule has 4 rings (SSSR count). The topological polar surface area (TPSA) is 9.23 Å². The van der Waals surface area contributed by atoms with E-state index in [0.717, 1.165) is 30.4 Å². The molecule has 0 radical (unpaired) electrons. The summed E-state index contributed by atoms with van der Waals surface area (Å²) in [6.45, 7) is 2.18. The van der Waals surface area contributed by atoms with Gasteiger partial charge >= 0.3 is 6.36 Å². The second-order valence-corrected chi connectivity index (χ2v) is 8.87. The van der Waals surface area contributed by atoms with E-state index in [1.54, 1.807) is 6.07 Å². The SMILES string of the molecule is CCCCCCc1ccc2c(F)c(C3CCc4cc(OC(F)(F)F)c(F)cc4C3)ccc2c1. The lowest BCUT2D eigenvalue weighted by Gasteiger charge is -2.26. The fourth-order valence-corrected chi connectivity index (χ4v) is 4.81. The Balaban J connectivity index is 1.54. The number of halogens is 5. The fraction of sp³-hybridized carbons (Fsp3) is 0.407. The first-order valence-corrected chi connectivity index (χ1v) is 11.5. The summed E-state index contributed by atoms with van der Waals surface area (Å²) in [5, 5.41) is 1.43. The molecule has 1 aliphatic rings. The molecule has 0 aromatic heterocycles. The minimum absolute atomic E-state index is 0.163. The largest absolute Gasteiger partial charge is 0.573 e. The van der Waals surface area contributed by atoms with E-state index in [4.69, 9.17) is 0 Å². The minimum Gasteiger partial charge on any atom is -0.403 e. The van der Waals surface area contributed by atoms with E-state index >= 15 is 4.39 Å². The van der Waals surface area contributed by atoms with E-state index in [1.807, 2.05) is 24.3 Å². The predicted molar refractivity (Wildman–Crippen MR) is 120 cm³/mol. The van der Waals surface area contributed by atoms with Crippen molar-refractivity contribution in [2.24, 2.45) is 0 Å². The first-order chi connectivity index (χ1) is 15.7. The highest BCUT2D eigenvalue weighted by Crippen LogP contribution is 2.39. The van der Waals surface area contributed by atoms with Gasteiger partial charge in [0, 0.05) is 5.39 Å². The molecule has 3 aromatic carbocycles. The van der Waals surface area contributed by atoms with Crippen LogP contribution in [0.1, 0.15) is 67.2 Å². The molecular weight excluding hydrogens is 435 g/mol. The Morgan fingerprint density at radius 3 is 2.52 bits per heavy atom. The van der Waals surface area contributed by atoms with Crippen LogP contribution in [0.15, 0.2) is 42.5 Å². The molecular formula is C27H27F5O. The number of aryl methyl sites for hydroxylation is 2. The van der Waals surface area contributed by atoms with Crippen LogP contribution < -0.4 is 4.74 Å². The van der Waals surface area contributed by atoms with Crippen LogP contribution in [0, 0.1) is 11.6 Å². The molecule has 1 aliphatic carbocycles. The maximum Gasteiger partial charge on any atom is 0.573 e. The molecule has 0 saturated carbocycles. The van der Waals surface area contributed by atoms with Crippen molar-refractivity contribution in [2.45, 2.75) is 70.6 Å². The minimum atomic E-state index is -4.95. The maximum absolute atomic E-state index is 15.4. The van der Waals surface area contributed by atoms with Gasteiger partial charge in [-0.1, -0.05) is 56.5 Å². The Bertz CT molecular complexity index is 1140. The van der Waals surface area contributed by atoms with Crippen LogP contribution in [0.4, 0.5) is 22.0 Å². The van der Waals surface area contributed by atoms with Crippen molar-refractivity contribution in [2.75, 3.05) is 0 Å². The molecule has 0 bridgehead atoms. The van der Waals surface area contributed by atoms with Crippen molar-refractivity contribution in [3.8, 4) is 5.75 Å². The number of ether oxygens (including phenoxy) is 1. The zero-order valence-corrected chi connectivity index (χ0v) is 18.6. The van der Waals surface area contributed by atoms with Crippen LogP contribution in [0.2, 0.25) is 0 Å². The second kappa shape index (κ2) is 9.70. The van der Waals surface area contributed by atoms with Crippen molar-refractivity contribution < 1.29 is 26.7 Å². The summed E-state index contributed by atoms with van der Waals surface area (Å²) < 4.78 is 70.9. The Kier molecular flexibility index (Phi) is 6.91. The summed E-state index contributed by atoms with van der Waals surface area (Å²) in [7, 11) is 0. The molecule has 0 fully saturated rings. The highest BCUT2D eigenvalue weighted by atomic mass is 19.4. The predicted octanol–water partition coefficient (Wildman–Crippen LogP) is 8.41. The number of rotatable bonds is 7. The van der Waals surface area contributed by atoms with Gasteiger partial charge in [0.2, 0.25) is 0 Å². The maximum atomic E-state index is 15.4. The zero-order valence-electron chi connectivity index (χ0n) is 18.6. The molecule has 6 heteroatoms. The lowest BCUT2D eigenvalue weighted by atomic mass is 9.79. The van der Waals surface area contributed by atoms with E-state index in [1.165, 1.54) is 24.8 Å². The van der Waals surface area contributed by atoms with Gasteiger partial charge in [0.25, 0.3) is 0 Å². The monoisotopic (exact) mass is 462 g/mol. The van der Waals surface area contributed by atoms with Crippen molar-refractivity contribution in [1.82, 2.24) is 0 Å². The molecule has 1 nitrogen and oxygen atoms in total. The first-order valence-electron chi connectivity index (χ1n) is 11.5. The van der Waals surface area contributed by atoms with Gasteiger partial charge in [-0.2, -0.15) is 0 Å². The molecule has 176 valence electrons. The molecule has 0 spiro atoms. The van der Waals surface area contributed by atoms with E-state index in [-0.39, 0.29) is 11.7 Å². The van der Waals surface area contributed by atoms with Gasteiger partial charge in [0.1, 0.15) is 5.82 Å². The standard InChI is InChI=1S/C27H27F5O/c1-2-3-4-5-6-17-7-11-22-19(13-17)10-12-23(26(22)29)20-9-8-18-16-25(33-27(30,31)32)24(28)15-21(18)14-20/h7,10-13,15-16,20H,2-6,8-9,14H2,1H3. The van der Waals surface area contributed by atoms with Crippen LogP contribution in [0.25, 0.3) is 10.8 Å². The molecule has 33 heavy (non-hydrogen) atoms. The van der Waals surface area contributed by atoms with Crippen LogP contribution in [-0.4, -0.2) is 6.36 Å². The number of benzene rings is 3. The van der Waals surface area contributed by atoms with E-state index in [0.29, 0.717) is 41.3 Å². The first kappa shape index (κ1) is 23.5. The number of fused-ring (bicyclic) bond motifs is 2. The number of hydrogen-bond acceptors (Lipinski definition) is 1. The molecule has 0 amide bonds. The molecule has 0 saturated heterocycles. The van der Waals surface area contributed by atoms with Crippen LogP contribution in [0.5, 0.6) is 5.75 Å². The second-order valence-electron chi connectivity index (χ2n) is 8.87. The lowest BCUT2D eigenvalue weighted by Crippen LogP contribution is -2.19. The molecule has 3 aromatic rings. The molecule has 0 aliphatic heterocycles. The third kappa shape index (κ3) is 5.48. The Morgan fingerprint density at radius 2 is 1.76 bits per heavy atom. The summed E-state index contributed by atoms with van der Waals surface area (Å²) in [6.07, 6.45) is 2.12. The van der Waals surface area contributed by atoms with Gasteiger partial charge in [-0.25, -0.2) is 8.78 Å². The third-order valence-electron chi connectivity index (χ3n) is 6.52. The van der Waals surface area contributed by atoms with Gasteiger partial charge < -0.3 is 4.74 Å². The molecule has 0 heterocycles. The number of alkyl halides is 3. The van der Waals surface area contributed by atoms with Gasteiger partial charge in [0.05, 0.1) is 0 Å². The Labute approximate surface area is 190 Å². The van der Waals surface area contributed by atoms with Crippen molar-refractivity contribution >= 4 is 10.8 Å². The quantitative estimate of drug-likeness (QED) is 0.253. The van der Waals surface area contributed by atoms with E-state index in [2.05, 4.69) is 11.7 Å². The molecule has 1 atom stereocenters. The average Bonchev–Trinajstić information content (AvgIpc) is 2.76. The highest BCUT2D eigenvalue weighted by molar-refractivity contribution is 5.84. The fourth-order valence-electron chi connectivity index (χ4n) is 4.81. The summed E-state index contributed by atoms with van der Waals surface area (Å²) in [5.74, 6) is -2.31. The highest BCUT2D eigenvalue weighted by Gasteiger charge is 2.33. The Morgan fingerprint density at radius 1 is 0.939 bits per heavy atom. The average molecular weight is 463 g/mol. The van der Waals surface area contributed by atoms with Gasteiger partial charge in [0.15, 0.2) is 11.6 Å².